The highest BCUT2D eigenvalue weighted by molar-refractivity contribution is 5.35. The van der Waals surface area contributed by atoms with Gasteiger partial charge in [0.15, 0.2) is 11.5 Å². The molecule has 1 aromatic carbocycles. The number of halogens is 4. The highest BCUT2D eigenvalue weighted by Crippen LogP contribution is 2.37. The maximum atomic E-state index is 14.1. The first kappa shape index (κ1) is 20.8. The molecule has 0 aliphatic heterocycles. The summed E-state index contributed by atoms with van der Waals surface area (Å²) in [5.74, 6) is -2.90. The van der Waals surface area contributed by atoms with E-state index >= 15 is 0 Å². The topological polar surface area (TPSA) is 18.5 Å². The largest absolute Gasteiger partial charge is 0.491 e. The van der Waals surface area contributed by atoms with Gasteiger partial charge in [0.2, 0.25) is 11.6 Å². The zero-order chi connectivity index (χ0) is 19.2. The van der Waals surface area contributed by atoms with Crippen LogP contribution in [0.4, 0.5) is 17.6 Å². The SMILES string of the molecule is CCCC1CCC(CCC(F)(F)Oc2ccc(OCC)c(F)c2F)CC1. The van der Waals surface area contributed by atoms with E-state index in [2.05, 4.69) is 11.7 Å². The van der Waals surface area contributed by atoms with Gasteiger partial charge in [0.05, 0.1) is 13.0 Å². The number of rotatable bonds is 9. The van der Waals surface area contributed by atoms with Crippen molar-refractivity contribution in [3.63, 3.8) is 0 Å². The van der Waals surface area contributed by atoms with Crippen LogP contribution < -0.4 is 9.47 Å². The summed E-state index contributed by atoms with van der Waals surface area (Å²) >= 11 is 0. The van der Waals surface area contributed by atoms with Crippen molar-refractivity contribution in [1.29, 1.82) is 0 Å². The fourth-order valence-electron chi connectivity index (χ4n) is 3.66. The van der Waals surface area contributed by atoms with Crippen molar-refractivity contribution in [3.05, 3.63) is 23.8 Å². The van der Waals surface area contributed by atoms with Gasteiger partial charge in [-0.15, -0.1) is 0 Å². The molecule has 0 spiro atoms. The first-order chi connectivity index (χ1) is 12.4. The molecule has 1 aliphatic rings. The summed E-state index contributed by atoms with van der Waals surface area (Å²) in [7, 11) is 0. The van der Waals surface area contributed by atoms with Crippen molar-refractivity contribution < 1.29 is 27.0 Å². The lowest BCUT2D eigenvalue weighted by atomic mass is 9.78. The van der Waals surface area contributed by atoms with E-state index < -0.39 is 29.9 Å². The van der Waals surface area contributed by atoms with Crippen molar-refractivity contribution in [2.45, 2.75) is 71.3 Å². The minimum Gasteiger partial charge on any atom is -0.491 e. The third-order valence-electron chi connectivity index (χ3n) is 5.08. The van der Waals surface area contributed by atoms with E-state index in [0.717, 1.165) is 44.2 Å². The molecule has 0 bridgehead atoms. The molecule has 2 rings (SSSR count). The lowest BCUT2D eigenvalue weighted by Crippen LogP contribution is -2.27. The van der Waals surface area contributed by atoms with Crippen LogP contribution in [0.2, 0.25) is 0 Å². The predicted molar refractivity (Wildman–Crippen MR) is 92.7 cm³/mol. The number of benzene rings is 1. The Labute approximate surface area is 152 Å². The summed E-state index contributed by atoms with van der Waals surface area (Å²) in [6.07, 6.45) is 2.74. The lowest BCUT2D eigenvalue weighted by molar-refractivity contribution is -0.185. The van der Waals surface area contributed by atoms with Gasteiger partial charge in [0.1, 0.15) is 0 Å². The fraction of sp³-hybridized carbons (Fsp3) is 0.700. The third kappa shape index (κ3) is 5.78. The lowest BCUT2D eigenvalue weighted by Gasteiger charge is -2.29. The van der Waals surface area contributed by atoms with Gasteiger partial charge in [0, 0.05) is 0 Å². The summed E-state index contributed by atoms with van der Waals surface area (Å²) in [6, 6.07) is 2.08. The van der Waals surface area contributed by atoms with Crippen LogP contribution in [-0.4, -0.2) is 12.7 Å². The average Bonchev–Trinajstić information content (AvgIpc) is 2.61. The average molecular weight is 376 g/mol. The molecule has 1 aromatic rings. The van der Waals surface area contributed by atoms with Crippen LogP contribution in [0.3, 0.4) is 0 Å². The van der Waals surface area contributed by atoms with Gasteiger partial charge in [-0.1, -0.05) is 45.4 Å². The van der Waals surface area contributed by atoms with Crippen molar-refractivity contribution in [2.24, 2.45) is 11.8 Å². The van der Waals surface area contributed by atoms with E-state index in [1.54, 1.807) is 6.92 Å². The molecule has 0 amide bonds. The molecular formula is C20H28F4O2. The normalized spacial score (nSPS) is 20.8. The summed E-state index contributed by atoms with van der Waals surface area (Å²) in [5.41, 5.74) is 0. The molecule has 0 unspecified atom stereocenters. The maximum absolute atomic E-state index is 14.1. The number of alkyl halides is 2. The van der Waals surface area contributed by atoms with Gasteiger partial charge in [-0.05, 0) is 37.3 Å². The molecule has 0 N–H and O–H groups in total. The fourth-order valence-corrected chi connectivity index (χ4v) is 3.66. The van der Waals surface area contributed by atoms with E-state index in [9.17, 15) is 17.6 Å². The molecular weight excluding hydrogens is 348 g/mol. The van der Waals surface area contributed by atoms with Crippen molar-refractivity contribution in [2.75, 3.05) is 6.61 Å². The molecule has 0 radical (unpaired) electrons. The molecule has 0 saturated heterocycles. The van der Waals surface area contributed by atoms with Gasteiger partial charge >= 0.3 is 6.11 Å². The van der Waals surface area contributed by atoms with Gasteiger partial charge in [0.25, 0.3) is 0 Å². The Kier molecular flexibility index (Phi) is 7.59. The summed E-state index contributed by atoms with van der Waals surface area (Å²) in [5, 5.41) is 0. The van der Waals surface area contributed by atoms with Gasteiger partial charge in [-0.3, -0.25) is 0 Å². The van der Waals surface area contributed by atoms with E-state index in [1.165, 1.54) is 6.42 Å². The predicted octanol–water partition coefficient (Wildman–Crippen LogP) is 6.72. The third-order valence-corrected chi connectivity index (χ3v) is 5.08. The zero-order valence-electron chi connectivity index (χ0n) is 15.5. The minimum atomic E-state index is -3.53. The van der Waals surface area contributed by atoms with Crippen LogP contribution in [0.5, 0.6) is 11.5 Å². The van der Waals surface area contributed by atoms with E-state index in [-0.39, 0.29) is 18.3 Å². The van der Waals surface area contributed by atoms with Crippen molar-refractivity contribution in [1.82, 2.24) is 0 Å². The van der Waals surface area contributed by atoms with Crippen LogP contribution in [-0.2, 0) is 0 Å². The second-order valence-electron chi connectivity index (χ2n) is 7.08. The molecule has 1 aliphatic carbocycles. The molecule has 2 nitrogen and oxygen atoms in total. The molecule has 1 saturated carbocycles. The molecule has 0 atom stereocenters. The molecule has 0 aromatic heterocycles. The first-order valence-corrected chi connectivity index (χ1v) is 9.53. The van der Waals surface area contributed by atoms with E-state index in [1.807, 2.05) is 0 Å². The zero-order valence-corrected chi connectivity index (χ0v) is 15.5. The van der Waals surface area contributed by atoms with Gasteiger partial charge < -0.3 is 9.47 Å². The van der Waals surface area contributed by atoms with Crippen LogP contribution >= 0.6 is 0 Å². The van der Waals surface area contributed by atoms with Gasteiger partial charge in [-0.2, -0.15) is 17.6 Å². The number of hydrogen-bond donors (Lipinski definition) is 0. The Balaban J connectivity index is 1.88. The van der Waals surface area contributed by atoms with E-state index in [0.29, 0.717) is 12.3 Å². The number of hydrogen-bond acceptors (Lipinski definition) is 2. The monoisotopic (exact) mass is 376 g/mol. The van der Waals surface area contributed by atoms with Crippen LogP contribution in [0.25, 0.3) is 0 Å². The Bertz CT molecular complexity index is 569. The van der Waals surface area contributed by atoms with Crippen molar-refractivity contribution in [3.8, 4) is 11.5 Å². The second kappa shape index (κ2) is 9.47. The van der Waals surface area contributed by atoms with Gasteiger partial charge in [-0.25, -0.2) is 0 Å². The summed E-state index contributed by atoms with van der Waals surface area (Å²) in [4.78, 5) is 0. The van der Waals surface area contributed by atoms with Crippen LogP contribution in [0, 0.1) is 23.5 Å². The smallest absolute Gasteiger partial charge is 0.397 e. The van der Waals surface area contributed by atoms with E-state index in [4.69, 9.17) is 4.74 Å². The highest BCUT2D eigenvalue weighted by Gasteiger charge is 2.35. The highest BCUT2D eigenvalue weighted by atomic mass is 19.3. The summed E-state index contributed by atoms with van der Waals surface area (Å²) < 4.78 is 65.2. The second-order valence-corrected chi connectivity index (χ2v) is 7.08. The Hall–Kier alpha value is -1.46. The molecule has 148 valence electrons. The molecule has 26 heavy (non-hydrogen) atoms. The summed E-state index contributed by atoms with van der Waals surface area (Å²) in [6.45, 7) is 3.92. The molecule has 1 fully saturated rings. The minimum absolute atomic E-state index is 0.146. The molecule has 0 heterocycles. The Morgan fingerprint density at radius 3 is 2.04 bits per heavy atom. The van der Waals surface area contributed by atoms with Crippen LogP contribution in [0.1, 0.15) is 65.2 Å². The van der Waals surface area contributed by atoms with Crippen molar-refractivity contribution >= 4 is 0 Å². The first-order valence-electron chi connectivity index (χ1n) is 9.53. The molecule has 6 heteroatoms. The standard InChI is InChI=1S/C20H28F4O2/c1-3-5-14-6-8-15(9-7-14)12-13-20(23,24)26-17-11-10-16(25-4-2)18(21)19(17)22/h10-11,14-15H,3-9,12-13H2,1-2H3. The quantitative estimate of drug-likeness (QED) is 0.445. The van der Waals surface area contributed by atoms with Crippen LogP contribution in [0.15, 0.2) is 12.1 Å². The Morgan fingerprint density at radius 2 is 1.46 bits per heavy atom. The Morgan fingerprint density at radius 1 is 0.923 bits per heavy atom. The number of ether oxygens (including phenoxy) is 2. The maximum Gasteiger partial charge on any atom is 0.397 e.